The van der Waals surface area contributed by atoms with Gasteiger partial charge in [-0.15, -0.1) is 0 Å². The Morgan fingerprint density at radius 3 is 2.07 bits per heavy atom. The molecule has 1 atom stereocenters. The zero-order chi connectivity index (χ0) is 19.9. The van der Waals surface area contributed by atoms with Gasteiger partial charge in [-0.1, -0.05) is 60.7 Å². The second-order valence-electron chi connectivity index (χ2n) is 6.04. The number of carbonyl (C=O) groups is 1. The van der Waals surface area contributed by atoms with Gasteiger partial charge in [0.05, 0.1) is 4.47 Å². The first kappa shape index (κ1) is 20.0. The normalized spacial score (nSPS) is 11.9. The van der Waals surface area contributed by atoms with Gasteiger partial charge in [0.1, 0.15) is 18.2 Å². The summed E-state index contributed by atoms with van der Waals surface area (Å²) in [6, 6.07) is 22.7. The maximum Gasteiger partial charge on any atom is 0.339 e. The molecule has 0 spiro atoms. The first-order chi connectivity index (χ1) is 13.5. The molecule has 0 aliphatic heterocycles. The fraction of sp³-hybridized carbons (Fsp3) is 0.136. The molecule has 0 aliphatic carbocycles. The molecule has 0 radical (unpaired) electrons. The molecule has 0 heterocycles. The van der Waals surface area contributed by atoms with E-state index < -0.39 is 24.0 Å². The highest BCUT2D eigenvalue weighted by molar-refractivity contribution is 9.10. The number of benzene rings is 3. The first-order valence-electron chi connectivity index (χ1n) is 8.61. The van der Waals surface area contributed by atoms with Gasteiger partial charge in [-0.05, 0) is 39.2 Å². The van der Waals surface area contributed by atoms with Crippen molar-refractivity contribution in [3.05, 3.63) is 100 Å². The van der Waals surface area contributed by atoms with Crippen molar-refractivity contribution in [3.8, 4) is 5.75 Å². The molecule has 0 aliphatic rings. The standard InChI is InChI=1S/C22H18BrFO4/c23-18-12-11-17(13-19(18)24)27-14-20(25)22(26)28-21(15-7-3-1-4-8-15)16-9-5-2-6-10-16/h1-13,20-21,25H,14H2. The molecule has 6 heteroatoms. The Labute approximate surface area is 170 Å². The third-order valence-corrected chi connectivity index (χ3v) is 4.65. The van der Waals surface area contributed by atoms with Crippen LogP contribution in [-0.2, 0) is 9.53 Å². The highest BCUT2D eigenvalue weighted by atomic mass is 79.9. The maximum atomic E-state index is 13.5. The van der Waals surface area contributed by atoms with Crippen molar-refractivity contribution in [2.75, 3.05) is 6.61 Å². The fourth-order valence-corrected chi connectivity index (χ4v) is 2.84. The van der Waals surface area contributed by atoms with Crippen molar-refractivity contribution >= 4 is 21.9 Å². The van der Waals surface area contributed by atoms with E-state index in [1.54, 1.807) is 0 Å². The minimum Gasteiger partial charge on any atom is -0.490 e. The van der Waals surface area contributed by atoms with Crippen LogP contribution in [0.4, 0.5) is 4.39 Å². The molecule has 1 N–H and O–H groups in total. The van der Waals surface area contributed by atoms with E-state index >= 15 is 0 Å². The minimum atomic E-state index is -1.51. The van der Waals surface area contributed by atoms with Crippen LogP contribution in [0.2, 0.25) is 0 Å². The second kappa shape index (κ2) is 9.48. The number of carbonyl (C=O) groups excluding carboxylic acids is 1. The lowest BCUT2D eigenvalue weighted by atomic mass is 10.0. The van der Waals surface area contributed by atoms with Crippen LogP contribution in [0.3, 0.4) is 0 Å². The van der Waals surface area contributed by atoms with E-state index in [-0.39, 0.29) is 12.4 Å². The number of esters is 1. The first-order valence-corrected chi connectivity index (χ1v) is 9.40. The van der Waals surface area contributed by atoms with Crippen molar-refractivity contribution < 1.29 is 23.8 Å². The molecule has 0 saturated carbocycles. The summed E-state index contributed by atoms with van der Waals surface area (Å²) in [7, 11) is 0. The number of aliphatic hydroxyl groups excluding tert-OH is 1. The molecule has 0 amide bonds. The molecule has 3 aromatic rings. The lowest BCUT2D eigenvalue weighted by molar-refractivity contribution is -0.159. The fourth-order valence-electron chi connectivity index (χ4n) is 2.59. The van der Waals surface area contributed by atoms with E-state index in [2.05, 4.69) is 15.9 Å². The molecular formula is C22H18BrFO4. The van der Waals surface area contributed by atoms with Crippen LogP contribution in [-0.4, -0.2) is 23.8 Å². The van der Waals surface area contributed by atoms with Crippen LogP contribution >= 0.6 is 15.9 Å². The highest BCUT2D eigenvalue weighted by Crippen LogP contribution is 2.26. The van der Waals surface area contributed by atoms with Crippen LogP contribution in [0.15, 0.2) is 83.3 Å². The zero-order valence-corrected chi connectivity index (χ0v) is 16.4. The van der Waals surface area contributed by atoms with Gasteiger partial charge in [0, 0.05) is 6.07 Å². The predicted molar refractivity (Wildman–Crippen MR) is 106 cm³/mol. The van der Waals surface area contributed by atoms with E-state index in [1.165, 1.54) is 18.2 Å². The minimum absolute atomic E-state index is 0.204. The summed E-state index contributed by atoms with van der Waals surface area (Å²) >= 11 is 3.05. The SMILES string of the molecule is O=C(OC(c1ccccc1)c1ccccc1)C(O)COc1ccc(Br)c(F)c1. The van der Waals surface area contributed by atoms with Gasteiger partial charge in [0.25, 0.3) is 0 Å². The Kier molecular flexibility index (Phi) is 6.79. The summed E-state index contributed by atoms with van der Waals surface area (Å²) in [5, 5.41) is 10.1. The molecule has 144 valence electrons. The van der Waals surface area contributed by atoms with Gasteiger partial charge in [0.2, 0.25) is 0 Å². The van der Waals surface area contributed by atoms with Gasteiger partial charge in [0.15, 0.2) is 12.2 Å². The smallest absolute Gasteiger partial charge is 0.339 e. The van der Waals surface area contributed by atoms with Crippen molar-refractivity contribution in [1.82, 2.24) is 0 Å². The third kappa shape index (κ3) is 5.18. The average Bonchev–Trinajstić information content (AvgIpc) is 2.73. The molecule has 3 rings (SSSR count). The quantitative estimate of drug-likeness (QED) is 0.538. The van der Waals surface area contributed by atoms with Crippen LogP contribution in [0, 0.1) is 5.82 Å². The summed E-state index contributed by atoms with van der Waals surface area (Å²) in [6.45, 7) is -0.351. The van der Waals surface area contributed by atoms with Crippen molar-refractivity contribution in [2.24, 2.45) is 0 Å². The van der Waals surface area contributed by atoms with Gasteiger partial charge in [-0.3, -0.25) is 0 Å². The average molecular weight is 445 g/mol. The molecule has 0 aromatic heterocycles. The number of hydrogen-bond acceptors (Lipinski definition) is 4. The van der Waals surface area contributed by atoms with Crippen LogP contribution in [0.5, 0.6) is 5.75 Å². The van der Waals surface area contributed by atoms with Crippen LogP contribution in [0.25, 0.3) is 0 Å². The summed E-state index contributed by atoms with van der Waals surface area (Å²) in [5.41, 5.74) is 1.57. The lowest BCUT2D eigenvalue weighted by Gasteiger charge is -2.21. The van der Waals surface area contributed by atoms with E-state index in [4.69, 9.17) is 9.47 Å². The molecule has 0 saturated heterocycles. The molecule has 3 aromatic carbocycles. The second-order valence-corrected chi connectivity index (χ2v) is 6.90. The molecule has 1 unspecified atom stereocenters. The molecule has 28 heavy (non-hydrogen) atoms. The molecular weight excluding hydrogens is 427 g/mol. The van der Waals surface area contributed by atoms with Crippen molar-refractivity contribution in [3.63, 3.8) is 0 Å². The Hall–Kier alpha value is -2.70. The Balaban J connectivity index is 1.68. The monoisotopic (exact) mass is 444 g/mol. The van der Waals surface area contributed by atoms with Crippen molar-refractivity contribution in [2.45, 2.75) is 12.2 Å². The molecule has 4 nitrogen and oxygen atoms in total. The number of rotatable bonds is 7. The Morgan fingerprint density at radius 1 is 0.964 bits per heavy atom. The lowest BCUT2D eigenvalue weighted by Crippen LogP contribution is -2.30. The highest BCUT2D eigenvalue weighted by Gasteiger charge is 2.24. The number of hydrogen-bond donors (Lipinski definition) is 1. The van der Waals surface area contributed by atoms with Crippen molar-refractivity contribution in [1.29, 1.82) is 0 Å². The third-order valence-electron chi connectivity index (χ3n) is 4.01. The predicted octanol–water partition coefficient (Wildman–Crippen LogP) is 4.66. The van der Waals surface area contributed by atoms with Gasteiger partial charge in [-0.2, -0.15) is 0 Å². The van der Waals surface area contributed by atoms with Gasteiger partial charge >= 0.3 is 5.97 Å². The van der Waals surface area contributed by atoms with E-state index in [9.17, 15) is 14.3 Å². The number of aliphatic hydroxyl groups is 1. The molecule has 0 fully saturated rings. The largest absolute Gasteiger partial charge is 0.490 e. The van der Waals surface area contributed by atoms with E-state index in [0.29, 0.717) is 4.47 Å². The zero-order valence-electron chi connectivity index (χ0n) is 14.8. The Bertz CT molecular complexity index is 879. The summed E-state index contributed by atoms with van der Waals surface area (Å²) in [5.74, 6) is -1.12. The van der Waals surface area contributed by atoms with Crippen LogP contribution < -0.4 is 4.74 Å². The number of ether oxygens (including phenoxy) is 2. The maximum absolute atomic E-state index is 13.5. The molecule has 0 bridgehead atoms. The summed E-state index contributed by atoms with van der Waals surface area (Å²) < 4.78 is 24.7. The van der Waals surface area contributed by atoms with Gasteiger partial charge < -0.3 is 14.6 Å². The number of halogens is 2. The topological polar surface area (TPSA) is 55.8 Å². The van der Waals surface area contributed by atoms with E-state index in [1.807, 2.05) is 60.7 Å². The summed E-state index contributed by atoms with van der Waals surface area (Å²) in [4.78, 5) is 12.4. The summed E-state index contributed by atoms with van der Waals surface area (Å²) in [6.07, 6.45) is -2.17. The Morgan fingerprint density at radius 2 is 1.54 bits per heavy atom. The van der Waals surface area contributed by atoms with E-state index in [0.717, 1.165) is 11.1 Å². The van der Waals surface area contributed by atoms with Crippen LogP contribution in [0.1, 0.15) is 17.2 Å². The van der Waals surface area contributed by atoms with Gasteiger partial charge in [-0.25, -0.2) is 9.18 Å².